The maximum absolute atomic E-state index is 11.7. The number of hydrogen-bond acceptors (Lipinski definition) is 1. The molecule has 0 heterocycles. The summed E-state index contributed by atoms with van der Waals surface area (Å²) in [6.45, 7) is 2.03. The fourth-order valence-electron chi connectivity index (χ4n) is 2.01. The molecule has 1 aromatic rings. The quantitative estimate of drug-likeness (QED) is 0.482. The molecular formula is C12H14BO. The minimum atomic E-state index is 0.320. The summed E-state index contributed by atoms with van der Waals surface area (Å²) in [6, 6.07) is 6.17. The fraction of sp³-hybridized carbons (Fsp3) is 0.417. The molecule has 0 saturated heterocycles. The summed E-state index contributed by atoms with van der Waals surface area (Å²) < 4.78 is 0. The van der Waals surface area contributed by atoms with Crippen molar-refractivity contribution in [2.75, 3.05) is 0 Å². The number of carbonyl (C=O) groups is 1. The molecule has 0 amide bonds. The monoisotopic (exact) mass is 185 g/mol. The van der Waals surface area contributed by atoms with Gasteiger partial charge in [0.1, 0.15) is 7.28 Å². The summed E-state index contributed by atoms with van der Waals surface area (Å²) in [4.78, 5) is 11.7. The number of carbonyl (C=O) groups excluding carboxylic acids is 1. The molecule has 0 bridgehead atoms. The van der Waals surface area contributed by atoms with Crippen LogP contribution in [0.2, 0.25) is 6.82 Å². The van der Waals surface area contributed by atoms with Crippen LogP contribution in [0.1, 0.15) is 35.2 Å². The molecule has 0 atom stereocenters. The molecule has 1 aromatic carbocycles. The first kappa shape index (κ1) is 9.51. The zero-order chi connectivity index (χ0) is 9.97. The molecule has 2 heteroatoms. The number of benzene rings is 1. The highest BCUT2D eigenvalue weighted by Gasteiger charge is 2.14. The van der Waals surface area contributed by atoms with E-state index in [2.05, 4.69) is 13.3 Å². The number of ketones is 1. The standard InChI is InChI=1S/C12H14BO/c1-13-10-6-7-11-9(8-10)4-2-3-5-12(11)14/h6-8H,2-5H2,1H3. The number of rotatable bonds is 1. The Labute approximate surface area is 85.8 Å². The van der Waals surface area contributed by atoms with Crippen molar-refractivity contribution in [1.29, 1.82) is 0 Å². The minimum Gasteiger partial charge on any atom is -0.294 e. The van der Waals surface area contributed by atoms with Crippen molar-refractivity contribution in [3.05, 3.63) is 29.3 Å². The van der Waals surface area contributed by atoms with Crippen LogP contribution < -0.4 is 5.46 Å². The van der Waals surface area contributed by atoms with Gasteiger partial charge in [0.25, 0.3) is 0 Å². The molecule has 0 aromatic heterocycles. The molecule has 2 rings (SSSR count). The predicted molar refractivity (Wildman–Crippen MR) is 59.6 cm³/mol. The lowest BCUT2D eigenvalue weighted by atomic mass is 9.72. The van der Waals surface area contributed by atoms with Gasteiger partial charge in [-0.25, -0.2) is 0 Å². The van der Waals surface area contributed by atoms with E-state index in [0.29, 0.717) is 5.78 Å². The molecule has 0 saturated carbocycles. The third-order valence-electron chi connectivity index (χ3n) is 2.86. The lowest BCUT2D eigenvalue weighted by Gasteiger charge is -2.06. The third kappa shape index (κ3) is 1.74. The van der Waals surface area contributed by atoms with E-state index in [9.17, 15) is 4.79 Å². The van der Waals surface area contributed by atoms with Crippen LogP contribution in [0.3, 0.4) is 0 Å². The number of fused-ring (bicyclic) bond motifs is 1. The van der Waals surface area contributed by atoms with Crippen LogP contribution in [-0.4, -0.2) is 13.1 Å². The summed E-state index contributed by atoms with van der Waals surface area (Å²) in [7, 11) is 2.08. The van der Waals surface area contributed by atoms with Gasteiger partial charge in [-0.2, -0.15) is 0 Å². The molecule has 1 aliphatic rings. The Morgan fingerprint density at radius 3 is 2.79 bits per heavy atom. The lowest BCUT2D eigenvalue weighted by molar-refractivity contribution is 0.0982. The smallest absolute Gasteiger partial charge is 0.163 e. The first-order valence-electron chi connectivity index (χ1n) is 5.27. The largest absolute Gasteiger partial charge is 0.294 e. The summed E-state index contributed by atoms with van der Waals surface area (Å²) in [5.74, 6) is 0.320. The van der Waals surface area contributed by atoms with Crippen molar-refractivity contribution in [3.63, 3.8) is 0 Å². The van der Waals surface area contributed by atoms with Gasteiger partial charge < -0.3 is 0 Å². The topological polar surface area (TPSA) is 17.1 Å². The van der Waals surface area contributed by atoms with E-state index >= 15 is 0 Å². The molecule has 1 nitrogen and oxygen atoms in total. The average Bonchev–Trinajstić information content (AvgIpc) is 2.40. The second-order valence-electron chi connectivity index (χ2n) is 3.84. The highest BCUT2D eigenvalue weighted by molar-refractivity contribution is 6.51. The second-order valence-corrected chi connectivity index (χ2v) is 3.84. The Kier molecular flexibility index (Phi) is 2.71. The van der Waals surface area contributed by atoms with Gasteiger partial charge in [-0.15, -0.1) is 0 Å². The van der Waals surface area contributed by atoms with Gasteiger partial charge in [0.15, 0.2) is 5.78 Å². The highest BCUT2D eigenvalue weighted by Crippen LogP contribution is 2.19. The first-order chi connectivity index (χ1) is 6.81. The van der Waals surface area contributed by atoms with Crippen molar-refractivity contribution in [2.24, 2.45) is 0 Å². The van der Waals surface area contributed by atoms with E-state index in [1.807, 2.05) is 19.0 Å². The molecule has 0 unspecified atom stereocenters. The zero-order valence-electron chi connectivity index (χ0n) is 8.55. The summed E-state index contributed by atoms with van der Waals surface area (Å²) >= 11 is 0. The highest BCUT2D eigenvalue weighted by atomic mass is 16.1. The number of Topliss-reactive ketones (excluding diaryl/α,β-unsaturated/α-hetero) is 1. The van der Waals surface area contributed by atoms with Crippen LogP contribution in [0.4, 0.5) is 0 Å². The molecule has 71 valence electrons. The Bertz CT molecular complexity index is 357. The molecule has 1 aliphatic carbocycles. The Morgan fingerprint density at radius 2 is 2.00 bits per heavy atom. The lowest BCUT2D eigenvalue weighted by Crippen LogP contribution is -2.13. The van der Waals surface area contributed by atoms with Crippen LogP contribution in [0.25, 0.3) is 0 Å². The normalized spacial score (nSPS) is 15.9. The molecule has 0 aliphatic heterocycles. The third-order valence-corrected chi connectivity index (χ3v) is 2.86. The Morgan fingerprint density at radius 1 is 1.21 bits per heavy atom. The molecule has 0 spiro atoms. The Hall–Kier alpha value is -1.05. The van der Waals surface area contributed by atoms with E-state index in [4.69, 9.17) is 0 Å². The van der Waals surface area contributed by atoms with Gasteiger partial charge in [-0.3, -0.25) is 4.79 Å². The predicted octanol–water partition coefficient (Wildman–Crippen LogP) is 1.97. The van der Waals surface area contributed by atoms with Gasteiger partial charge in [-0.05, 0) is 24.8 Å². The van der Waals surface area contributed by atoms with E-state index in [-0.39, 0.29) is 0 Å². The summed E-state index contributed by atoms with van der Waals surface area (Å²) in [6.07, 6.45) is 3.97. The van der Waals surface area contributed by atoms with E-state index in [0.717, 1.165) is 31.2 Å². The van der Waals surface area contributed by atoms with Gasteiger partial charge in [0.2, 0.25) is 0 Å². The molecular weight excluding hydrogens is 171 g/mol. The maximum atomic E-state index is 11.7. The van der Waals surface area contributed by atoms with Gasteiger partial charge in [0.05, 0.1) is 0 Å². The molecule has 1 radical (unpaired) electrons. The van der Waals surface area contributed by atoms with Crippen molar-refractivity contribution in [3.8, 4) is 0 Å². The minimum absolute atomic E-state index is 0.320. The van der Waals surface area contributed by atoms with Gasteiger partial charge in [-0.1, -0.05) is 30.5 Å². The van der Waals surface area contributed by atoms with Gasteiger partial charge >= 0.3 is 0 Å². The van der Waals surface area contributed by atoms with Crippen molar-refractivity contribution >= 4 is 18.5 Å². The van der Waals surface area contributed by atoms with Crippen LogP contribution >= 0.6 is 0 Å². The zero-order valence-corrected chi connectivity index (χ0v) is 8.55. The van der Waals surface area contributed by atoms with E-state index in [1.54, 1.807) is 0 Å². The maximum Gasteiger partial charge on any atom is 0.163 e. The van der Waals surface area contributed by atoms with E-state index < -0.39 is 0 Å². The van der Waals surface area contributed by atoms with Crippen LogP contribution in [-0.2, 0) is 6.42 Å². The molecule has 0 N–H and O–H groups in total. The van der Waals surface area contributed by atoms with Crippen LogP contribution in [0, 0.1) is 0 Å². The Balaban J connectivity index is 2.43. The first-order valence-corrected chi connectivity index (χ1v) is 5.27. The summed E-state index contributed by atoms with van der Waals surface area (Å²) in [5, 5.41) is 0. The van der Waals surface area contributed by atoms with Crippen LogP contribution in [0.15, 0.2) is 18.2 Å². The summed E-state index contributed by atoms with van der Waals surface area (Å²) in [5.41, 5.74) is 3.41. The van der Waals surface area contributed by atoms with Crippen molar-refractivity contribution in [2.45, 2.75) is 32.5 Å². The van der Waals surface area contributed by atoms with Gasteiger partial charge in [0, 0.05) is 12.0 Å². The fourth-order valence-corrected chi connectivity index (χ4v) is 2.01. The van der Waals surface area contributed by atoms with Crippen molar-refractivity contribution < 1.29 is 4.79 Å². The second kappa shape index (κ2) is 3.99. The van der Waals surface area contributed by atoms with Crippen LogP contribution in [0.5, 0.6) is 0 Å². The average molecular weight is 185 g/mol. The number of aryl methyl sites for hydroxylation is 1. The SMILES string of the molecule is C[B]c1ccc2c(c1)CCCCC2=O. The number of hydrogen-bond donors (Lipinski definition) is 0. The molecule has 14 heavy (non-hydrogen) atoms. The van der Waals surface area contributed by atoms with Crippen molar-refractivity contribution in [1.82, 2.24) is 0 Å². The van der Waals surface area contributed by atoms with E-state index in [1.165, 1.54) is 11.0 Å². The molecule has 0 fully saturated rings.